The maximum absolute atomic E-state index is 5.80. The second-order valence-corrected chi connectivity index (χ2v) is 7.17. The van der Waals surface area contributed by atoms with Crippen molar-refractivity contribution in [3.8, 4) is 0 Å². The molecule has 14 heavy (non-hydrogen) atoms. The number of halogens is 2. The first-order valence-electron chi connectivity index (χ1n) is 4.85. The summed E-state index contributed by atoms with van der Waals surface area (Å²) >= 11 is 6.77. The fraction of sp³-hybridized carbons (Fsp3) is 0.800. The number of allylic oxidation sites excluding steroid dienone is 1. The summed E-state index contributed by atoms with van der Waals surface area (Å²) in [5.41, 5.74) is 0. The second kappa shape index (κ2) is 3.89. The highest BCUT2D eigenvalue weighted by atomic mass is 79.9. The molecule has 2 rings (SSSR count). The van der Waals surface area contributed by atoms with Crippen LogP contribution in [-0.2, 0) is 9.47 Å². The van der Waals surface area contributed by atoms with Gasteiger partial charge in [0.1, 0.15) is 0 Å². The van der Waals surface area contributed by atoms with Gasteiger partial charge in [0.05, 0.1) is 15.6 Å². The lowest BCUT2D eigenvalue weighted by Crippen LogP contribution is -2.22. The van der Waals surface area contributed by atoms with Crippen molar-refractivity contribution in [3.05, 3.63) is 9.47 Å². The van der Waals surface area contributed by atoms with Gasteiger partial charge in [0.15, 0.2) is 5.79 Å². The van der Waals surface area contributed by atoms with Crippen LogP contribution in [0.25, 0.3) is 0 Å². The Morgan fingerprint density at radius 2 is 1.71 bits per heavy atom. The molecule has 80 valence electrons. The van der Waals surface area contributed by atoms with Crippen molar-refractivity contribution < 1.29 is 9.47 Å². The summed E-state index contributed by atoms with van der Waals surface area (Å²) < 4.78 is 12.6. The van der Waals surface area contributed by atoms with E-state index in [2.05, 4.69) is 37.9 Å². The third-order valence-corrected chi connectivity index (χ3v) is 3.25. The van der Waals surface area contributed by atoms with Crippen LogP contribution in [0.5, 0.6) is 0 Å². The van der Waals surface area contributed by atoms with Crippen LogP contribution >= 0.6 is 31.9 Å². The van der Waals surface area contributed by atoms with Crippen LogP contribution in [0.1, 0.15) is 26.7 Å². The molecule has 2 fully saturated rings. The molecule has 0 amide bonds. The van der Waals surface area contributed by atoms with Gasteiger partial charge in [-0.25, -0.2) is 0 Å². The molecule has 2 atom stereocenters. The third-order valence-electron chi connectivity index (χ3n) is 2.72. The summed E-state index contributed by atoms with van der Waals surface area (Å²) in [5.74, 6) is 0.185. The Kier molecular flexibility index (Phi) is 3.09. The van der Waals surface area contributed by atoms with Crippen LogP contribution in [0.2, 0.25) is 0 Å². The molecule has 0 bridgehead atoms. The first-order valence-corrected chi connectivity index (χ1v) is 6.43. The van der Waals surface area contributed by atoms with Crippen LogP contribution in [0.4, 0.5) is 0 Å². The summed E-state index contributed by atoms with van der Waals surface area (Å²) in [6, 6.07) is 0. The number of fused-ring (bicyclic) bond motifs is 1. The molecule has 1 saturated heterocycles. The molecule has 0 radical (unpaired) electrons. The molecule has 1 saturated carbocycles. The minimum atomic E-state index is -0.379. The van der Waals surface area contributed by atoms with Gasteiger partial charge in [0.25, 0.3) is 0 Å². The maximum atomic E-state index is 5.80. The van der Waals surface area contributed by atoms with E-state index in [1.807, 2.05) is 13.8 Å². The van der Waals surface area contributed by atoms with Gasteiger partial charge in [-0.2, -0.15) is 0 Å². The fourth-order valence-corrected chi connectivity index (χ4v) is 3.06. The highest BCUT2D eigenvalue weighted by Crippen LogP contribution is 2.42. The Morgan fingerprint density at radius 1 is 1.21 bits per heavy atom. The van der Waals surface area contributed by atoms with E-state index in [0.29, 0.717) is 5.92 Å². The van der Waals surface area contributed by atoms with E-state index in [9.17, 15) is 0 Å². The smallest absolute Gasteiger partial charge is 0.163 e. The Morgan fingerprint density at radius 3 is 2.14 bits per heavy atom. The van der Waals surface area contributed by atoms with E-state index in [1.165, 1.54) is 0 Å². The first kappa shape index (κ1) is 11.1. The number of ether oxygens (including phenoxy) is 2. The van der Waals surface area contributed by atoms with Crippen LogP contribution < -0.4 is 0 Å². The van der Waals surface area contributed by atoms with Gasteiger partial charge in [-0.15, -0.1) is 0 Å². The third kappa shape index (κ3) is 2.40. The Labute approximate surface area is 101 Å². The van der Waals surface area contributed by atoms with E-state index in [0.717, 1.165) is 16.2 Å². The summed E-state index contributed by atoms with van der Waals surface area (Å²) in [5, 5.41) is 0. The Bertz CT molecular complexity index is 243. The highest BCUT2D eigenvalue weighted by Gasteiger charge is 2.46. The molecule has 1 heterocycles. The van der Waals surface area contributed by atoms with E-state index < -0.39 is 0 Å². The second-order valence-electron chi connectivity index (χ2n) is 4.40. The van der Waals surface area contributed by atoms with Gasteiger partial charge < -0.3 is 9.47 Å². The van der Waals surface area contributed by atoms with Gasteiger partial charge in [0, 0.05) is 0 Å². The Hall–Kier alpha value is 0.620. The fourth-order valence-electron chi connectivity index (χ4n) is 2.32. The zero-order chi connectivity index (χ0) is 10.3. The predicted octanol–water partition coefficient (Wildman–Crippen LogP) is 3.55. The van der Waals surface area contributed by atoms with E-state index >= 15 is 0 Å². The quantitative estimate of drug-likeness (QED) is 0.734. The lowest BCUT2D eigenvalue weighted by molar-refractivity contribution is -0.152. The minimum Gasteiger partial charge on any atom is -0.345 e. The molecule has 0 unspecified atom stereocenters. The Balaban J connectivity index is 1.97. The molecule has 0 aromatic rings. The molecule has 2 nitrogen and oxygen atoms in total. The van der Waals surface area contributed by atoms with Crippen molar-refractivity contribution in [2.75, 3.05) is 0 Å². The lowest BCUT2D eigenvalue weighted by Gasteiger charge is -2.19. The molecule has 0 aromatic heterocycles. The summed E-state index contributed by atoms with van der Waals surface area (Å²) in [4.78, 5) is 0. The monoisotopic (exact) mass is 324 g/mol. The van der Waals surface area contributed by atoms with Gasteiger partial charge in [-0.3, -0.25) is 0 Å². The summed E-state index contributed by atoms with van der Waals surface area (Å²) in [6.07, 6.45) is 4.87. The number of hydrogen-bond acceptors (Lipinski definition) is 2. The SMILES string of the molecule is CC1(C)O[C@H]2CC(C=C(Br)Br)C[C@@H]2O1. The van der Waals surface area contributed by atoms with Crippen LogP contribution in [0.3, 0.4) is 0 Å². The van der Waals surface area contributed by atoms with Crippen molar-refractivity contribution in [1.82, 2.24) is 0 Å². The average Bonchev–Trinajstić information content (AvgIpc) is 2.38. The standard InChI is InChI=1S/C10H14Br2O2/c1-10(2)13-7-3-6(5-9(11)12)4-8(7)14-10/h5-8H,3-4H2,1-2H3/t7-,8-/m0/s1. The molecule has 4 heteroatoms. The molecular weight excluding hydrogens is 312 g/mol. The van der Waals surface area contributed by atoms with Crippen molar-refractivity contribution in [1.29, 1.82) is 0 Å². The number of rotatable bonds is 1. The molecular formula is C10H14Br2O2. The minimum absolute atomic E-state index is 0.283. The molecule has 1 aliphatic carbocycles. The lowest BCUT2D eigenvalue weighted by atomic mass is 10.1. The topological polar surface area (TPSA) is 18.5 Å². The summed E-state index contributed by atoms with van der Waals surface area (Å²) in [6.45, 7) is 3.97. The van der Waals surface area contributed by atoms with Crippen LogP contribution in [0.15, 0.2) is 9.47 Å². The molecule has 1 aliphatic heterocycles. The van der Waals surface area contributed by atoms with Crippen molar-refractivity contribution in [2.45, 2.75) is 44.7 Å². The molecule has 0 spiro atoms. The summed E-state index contributed by atoms with van der Waals surface area (Å²) in [7, 11) is 0. The normalized spacial score (nSPS) is 35.7. The van der Waals surface area contributed by atoms with Crippen LogP contribution in [0, 0.1) is 5.92 Å². The van der Waals surface area contributed by atoms with Crippen molar-refractivity contribution >= 4 is 31.9 Å². The number of hydrogen-bond donors (Lipinski definition) is 0. The molecule has 2 aliphatic rings. The van der Waals surface area contributed by atoms with Crippen molar-refractivity contribution in [3.63, 3.8) is 0 Å². The molecule has 0 N–H and O–H groups in total. The van der Waals surface area contributed by atoms with E-state index in [-0.39, 0.29) is 18.0 Å². The van der Waals surface area contributed by atoms with Gasteiger partial charge >= 0.3 is 0 Å². The van der Waals surface area contributed by atoms with Gasteiger partial charge in [-0.1, -0.05) is 6.08 Å². The highest BCUT2D eigenvalue weighted by molar-refractivity contribution is 9.28. The largest absolute Gasteiger partial charge is 0.345 e. The maximum Gasteiger partial charge on any atom is 0.163 e. The average molecular weight is 326 g/mol. The van der Waals surface area contributed by atoms with Crippen LogP contribution in [-0.4, -0.2) is 18.0 Å². The van der Waals surface area contributed by atoms with Gasteiger partial charge in [0.2, 0.25) is 0 Å². The zero-order valence-electron chi connectivity index (χ0n) is 8.30. The zero-order valence-corrected chi connectivity index (χ0v) is 11.5. The van der Waals surface area contributed by atoms with E-state index in [4.69, 9.17) is 9.47 Å². The first-order chi connectivity index (χ1) is 6.46. The predicted molar refractivity (Wildman–Crippen MR) is 62.5 cm³/mol. The molecule has 0 aromatic carbocycles. The van der Waals surface area contributed by atoms with Crippen molar-refractivity contribution in [2.24, 2.45) is 5.92 Å². The van der Waals surface area contributed by atoms with E-state index in [1.54, 1.807) is 0 Å². The van der Waals surface area contributed by atoms with Gasteiger partial charge in [-0.05, 0) is 64.5 Å².